The summed E-state index contributed by atoms with van der Waals surface area (Å²) in [4.78, 5) is 0. The molecule has 86 valence electrons. The SMILES string of the molecule is NCCCCCCOCCOCCO. The predicted octanol–water partition coefficient (Wildman–Crippen LogP) is 0.531. The van der Waals surface area contributed by atoms with E-state index in [4.69, 9.17) is 20.3 Å². The Morgan fingerprint density at radius 3 is 2.07 bits per heavy atom. The average molecular weight is 205 g/mol. The van der Waals surface area contributed by atoms with Crippen LogP contribution in [0.5, 0.6) is 0 Å². The van der Waals surface area contributed by atoms with Gasteiger partial charge in [0.25, 0.3) is 0 Å². The van der Waals surface area contributed by atoms with Crippen LogP contribution >= 0.6 is 0 Å². The molecule has 3 N–H and O–H groups in total. The molecular formula is C10H23NO3. The van der Waals surface area contributed by atoms with Crippen LogP contribution in [0.2, 0.25) is 0 Å². The lowest BCUT2D eigenvalue weighted by Crippen LogP contribution is -2.07. The summed E-state index contributed by atoms with van der Waals surface area (Å²) >= 11 is 0. The minimum atomic E-state index is 0.0824. The molecule has 0 unspecified atom stereocenters. The van der Waals surface area contributed by atoms with Gasteiger partial charge >= 0.3 is 0 Å². The smallest absolute Gasteiger partial charge is 0.0701 e. The van der Waals surface area contributed by atoms with E-state index in [0.717, 1.165) is 26.0 Å². The molecule has 0 aliphatic heterocycles. The maximum atomic E-state index is 8.41. The fraction of sp³-hybridized carbons (Fsp3) is 1.00. The van der Waals surface area contributed by atoms with Crippen LogP contribution in [0.1, 0.15) is 25.7 Å². The van der Waals surface area contributed by atoms with Gasteiger partial charge in [-0.05, 0) is 19.4 Å². The Kier molecular flexibility index (Phi) is 12.7. The Morgan fingerprint density at radius 1 is 0.786 bits per heavy atom. The van der Waals surface area contributed by atoms with E-state index in [0.29, 0.717) is 19.8 Å². The fourth-order valence-corrected chi connectivity index (χ4v) is 1.09. The molecule has 0 fully saturated rings. The summed E-state index contributed by atoms with van der Waals surface area (Å²) in [5.74, 6) is 0. The monoisotopic (exact) mass is 205 g/mol. The molecule has 0 aliphatic carbocycles. The van der Waals surface area contributed by atoms with Crippen molar-refractivity contribution in [3.63, 3.8) is 0 Å². The molecule has 0 aromatic carbocycles. The molecule has 0 rings (SSSR count). The maximum absolute atomic E-state index is 8.41. The van der Waals surface area contributed by atoms with Crippen LogP contribution in [0, 0.1) is 0 Å². The van der Waals surface area contributed by atoms with Crippen molar-refractivity contribution in [1.82, 2.24) is 0 Å². The van der Waals surface area contributed by atoms with E-state index in [9.17, 15) is 0 Å². The number of hydrogen-bond acceptors (Lipinski definition) is 4. The Morgan fingerprint density at radius 2 is 1.43 bits per heavy atom. The highest BCUT2D eigenvalue weighted by atomic mass is 16.5. The second kappa shape index (κ2) is 12.8. The van der Waals surface area contributed by atoms with Gasteiger partial charge < -0.3 is 20.3 Å². The van der Waals surface area contributed by atoms with E-state index >= 15 is 0 Å². The lowest BCUT2D eigenvalue weighted by molar-refractivity contribution is 0.0321. The van der Waals surface area contributed by atoms with Crippen molar-refractivity contribution in [3.8, 4) is 0 Å². The zero-order chi connectivity index (χ0) is 10.5. The highest BCUT2D eigenvalue weighted by Gasteiger charge is 1.91. The summed E-state index contributed by atoms with van der Waals surface area (Å²) in [5.41, 5.74) is 5.37. The molecule has 4 nitrogen and oxygen atoms in total. The first-order chi connectivity index (χ1) is 6.91. The zero-order valence-corrected chi connectivity index (χ0v) is 8.91. The van der Waals surface area contributed by atoms with Crippen molar-refractivity contribution in [2.75, 3.05) is 39.6 Å². The van der Waals surface area contributed by atoms with Crippen LogP contribution in [-0.2, 0) is 9.47 Å². The van der Waals surface area contributed by atoms with Gasteiger partial charge in [0.2, 0.25) is 0 Å². The number of ether oxygens (including phenoxy) is 2. The number of rotatable bonds is 11. The van der Waals surface area contributed by atoms with E-state index in [2.05, 4.69) is 0 Å². The third-order valence-corrected chi connectivity index (χ3v) is 1.85. The van der Waals surface area contributed by atoms with Crippen LogP contribution in [0.4, 0.5) is 0 Å². The summed E-state index contributed by atoms with van der Waals surface area (Å²) in [6, 6.07) is 0. The third kappa shape index (κ3) is 11.8. The number of aliphatic hydroxyl groups excluding tert-OH is 1. The van der Waals surface area contributed by atoms with Crippen molar-refractivity contribution in [3.05, 3.63) is 0 Å². The molecule has 0 radical (unpaired) electrons. The molecule has 0 saturated carbocycles. The van der Waals surface area contributed by atoms with Gasteiger partial charge in [-0.25, -0.2) is 0 Å². The van der Waals surface area contributed by atoms with Crippen molar-refractivity contribution in [2.45, 2.75) is 25.7 Å². The van der Waals surface area contributed by atoms with Crippen LogP contribution in [0.3, 0.4) is 0 Å². The minimum Gasteiger partial charge on any atom is -0.394 e. The first-order valence-electron chi connectivity index (χ1n) is 5.38. The fourth-order valence-electron chi connectivity index (χ4n) is 1.09. The van der Waals surface area contributed by atoms with E-state index in [-0.39, 0.29) is 6.61 Å². The minimum absolute atomic E-state index is 0.0824. The number of nitrogens with two attached hydrogens (primary N) is 1. The molecule has 0 saturated heterocycles. The number of aliphatic hydroxyl groups is 1. The number of hydrogen-bond donors (Lipinski definition) is 2. The summed E-state index contributed by atoms with van der Waals surface area (Å²) in [5, 5.41) is 8.41. The zero-order valence-electron chi connectivity index (χ0n) is 8.91. The lowest BCUT2D eigenvalue weighted by atomic mass is 10.2. The summed E-state index contributed by atoms with van der Waals surface area (Å²) in [7, 11) is 0. The largest absolute Gasteiger partial charge is 0.394 e. The molecule has 0 bridgehead atoms. The highest BCUT2D eigenvalue weighted by molar-refractivity contribution is 4.43. The van der Waals surface area contributed by atoms with Crippen LogP contribution < -0.4 is 5.73 Å². The van der Waals surface area contributed by atoms with Crippen molar-refractivity contribution in [1.29, 1.82) is 0 Å². The van der Waals surface area contributed by atoms with Crippen LogP contribution in [0.25, 0.3) is 0 Å². The molecule has 14 heavy (non-hydrogen) atoms. The van der Waals surface area contributed by atoms with Gasteiger partial charge in [0.1, 0.15) is 0 Å². The molecule has 0 aliphatic rings. The van der Waals surface area contributed by atoms with Gasteiger partial charge in [-0.2, -0.15) is 0 Å². The molecule has 0 aromatic heterocycles. The standard InChI is InChI=1S/C10H23NO3/c11-5-3-1-2-4-7-13-9-10-14-8-6-12/h12H,1-11H2. The summed E-state index contributed by atoms with van der Waals surface area (Å²) in [6.45, 7) is 3.27. The third-order valence-electron chi connectivity index (χ3n) is 1.85. The molecule has 0 heterocycles. The molecule has 0 amide bonds. The molecule has 4 heteroatoms. The first-order valence-corrected chi connectivity index (χ1v) is 5.38. The van der Waals surface area contributed by atoms with Crippen molar-refractivity contribution >= 4 is 0 Å². The Bertz CT molecular complexity index is 89.4. The maximum Gasteiger partial charge on any atom is 0.0701 e. The van der Waals surface area contributed by atoms with Gasteiger partial charge in [0, 0.05) is 6.61 Å². The normalized spacial score (nSPS) is 10.7. The van der Waals surface area contributed by atoms with Gasteiger partial charge in [0.15, 0.2) is 0 Å². The molecule has 0 aromatic rings. The first kappa shape index (κ1) is 13.8. The quantitative estimate of drug-likeness (QED) is 0.483. The van der Waals surface area contributed by atoms with Gasteiger partial charge in [-0.3, -0.25) is 0 Å². The summed E-state index contributed by atoms with van der Waals surface area (Å²) in [6.07, 6.45) is 4.59. The van der Waals surface area contributed by atoms with Crippen molar-refractivity contribution in [2.24, 2.45) is 5.73 Å². The van der Waals surface area contributed by atoms with Gasteiger partial charge in [0.05, 0.1) is 26.4 Å². The summed E-state index contributed by atoms with van der Waals surface area (Å²) < 4.78 is 10.4. The van der Waals surface area contributed by atoms with Crippen molar-refractivity contribution < 1.29 is 14.6 Å². The van der Waals surface area contributed by atoms with Gasteiger partial charge in [-0.1, -0.05) is 12.8 Å². The van der Waals surface area contributed by atoms with Crippen LogP contribution in [-0.4, -0.2) is 44.7 Å². The molecular weight excluding hydrogens is 182 g/mol. The van der Waals surface area contributed by atoms with Crippen LogP contribution in [0.15, 0.2) is 0 Å². The van der Waals surface area contributed by atoms with Gasteiger partial charge in [-0.15, -0.1) is 0 Å². The Balaban J connectivity index is 2.78. The second-order valence-electron chi connectivity index (χ2n) is 3.15. The van der Waals surface area contributed by atoms with E-state index in [1.807, 2.05) is 0 Å². The Hall–Kier alpha value is -0.160. The Labute approximate surface area is 86.4 Å². The predicted molar refractivity (Wildman–Crippen MR) is 56.2 cm³/mol. The highest BCUT2D eigenvalue weighted by Crippen LogP contribution is 1.98. The second-order valence-corrected chi connectivity index (χ2v) is 3.15. The molecule has 0 atom stereocenters. The number of unbranched alkanes of at least 4 members (excludes halogenated alkanes) is 3. The lowest BCUT2D eigenvalue weighted by Gasteiger charge is -2.04. The van der Waals surface area contributed by atoms with E-state index in [1.165, 1.54) is 12.8 Å². The topological polar surface area (TPSA) is 64.7 Å². The van der Waals surface area contributed by atoms with E-state index in [1.54, 1.807) is 0 Å². The average Bonchev–Trinajstić information content (AvgIpc) is 2.21. The molecule has 0 spiro atoms. The van der Waals surface area contributed by atoms with E-state index < -0.39 is 0 Å².